The molecular weight excluding hydrogens is 172 g/mol. The zero-order chi connectivity index (χ0) is 9.97. The van der Waals surface area contributed by atoms with Gasteiger partial charge in [-0.25, -0.2) is 0 Å². The molecule has 0 amide bonds. The van der Waals surface area contributed by atoms with Crippen LogP contribution >= 0.6 is 0 Å². The molecule has 1 aromatic carbocycles. The van der Waals surface area contributed by atoms with Gasteiger partial charge >= 0.3 is 0 Å². The van der Waals surface area contributed by atoms with Crippen LogP contribution in [0.15, 0.2) is 24.3 Å². The fourth-order valence-corrected chi connectivity index (χ4v) is 1.98. The van der Waals surface area contributed by atoms with E-state index in [2.05, 4.69) is 38.1 Å². The van der Waals surface area contributed by atoms with Crippen molar-refractivity contribution < 1.29 is 4.74 Å². The molecule has 1 fully saturated rings. The van der Waals surface area contributed by atoms with Crippen molar-refractivity contribution in [2.75, 3.05) is 6.61 Å². The van der Waals surface area contributed by atoms with E-state index in [9.17, 15) is 0 Å². The molecule has 14 heavy (non-hydrogen) atoms. The number of hydrogen-bond donors (Lipinski definition) is 0. The number of aryl methyl sites for hydroxylation is 1. The zero-order valence-electron chi connectivity index (χ0n) is 8.99. The van der Waals surface area contributed by atoms with Crippen molar-refractivity contribution in [1.82, 2.24) is 0 Å². The average Bonchev–Trinajstić information content (AvgIpc) is 2.21. The molecule has 1 heterocycles. The lowest BCUT2D eigenvalue weighted by atomic mass is 9.91. The van der Waals surface area contributed by atoms with Gasteiger partial charge in [-0.15, -0.1) is 0 Å². The second-order valence-electron chi connectivity index (χ2n) is 4.33. The standard InChI is InChI=1S/C13H18O/c1-10-3-6-12(7-4-10)13-8-5-11(2)14-9-13/h3-4,6-7,11,13H,5,8-9H2,1-2H3/t11-,13-/m1/s1. The summed E-state index contributed by atoms with van der Waals surface area (Å²) in [4.78, 5) is 0. The molecule has 1 nitrogen and oxygen atoms in total. The maximum atomic E-state index is 5.68. The first-order valence-electron chi connectivity index (χ1n) is 5.44. The molecule has 1 saturated heterocycles. The lowest BCUT2D eigenvalue weighted by Gasteiger charge is -2.27. The van der Waals surface area contributed by atoms with Crippen LogP contribution in [0.3, 0.4) is 0 Å². The summed E-state index contributed by atoms with van der Waals surface area (Å²) >= 11 is 0. The van der Waals surface area contributed by atoms with Gasteiger partial charge in [0.05, 0.1) is 12.7 Å². The van der Waals surface area contributed by atoms with Gasteiger partial charge in [-0.1, -0.05) is 29.8 Å². The first-order valence-corrected chi connectivity index (χ1v) is 5.44. The summed E-state index contributed by atoms with van der Waals surface area (Å²) in [5.41, 5.74) is 2.77. The van der Waals surface area contributed by atoms with Crippen molar-refractivity contribution in [2.24, 2.45) is 0 Å². The Morgan fingerprint density at radius 3 is 2.43 bits per heavy atom. The van der Waals surface area contributed by atoms with Crippen molar-refractivity contribution >= 4 is 0 Å². The zero-order valence-corrected chi connectivity index (χ0v) is 8.99. The molecule has 0 radical (unpaired) electrons. The first kappa shape index (κ1) is 9.72. The monoisotopic (exact) mass is 190 g/mol. The van der Waals surface area contributed by atoms with E-state index in [0.29, 0.717) is 12.0 Å². The van der Waals surface area contributed by atoms with Gasteiger partial charge in [-0.05, 0) is 32.3 Å². The van der Waals surface area contributed by atoms with E-state index >= 15 is 0 Å². The largest absolute Gasteiger partial charge is 0.378 e. The molecule has 1 heteroatoms. The summed E-state index contributed by atoms with van der Waals surface area (Å²) in [6.45, 7) is 5.18. The Morgan fingerprint density at radius 2 is 1.86 bits per heavy atom. The number of hydrogen-bond acceptors (Lipinski definition) is 1. The molecule has 0 N–H and O–H groups in total. The summed E-state index contributed by atoms with van der Waals surface area (Å²) in [5.74, 6) is 0.617. The lowest BCUT2D eigenvalue weighted by Crippen LogP contribution is -2.22. The van der Waals surface area contributed by atoms with Gasteiger partial charge < -0.3 is 4.74 Å². The van der Waals surface area contributed by atoms with Crippen LogP contribution in [0, 0.1) is 6.92 Å². The quantitative estimate of drug-likeness (QED) is 0.660. The topological polar surface area (TPSA) is 9.23 Å². The van der Waals surface area contributed by atoms with E-state index in [4.69, 9.17) is 4.74 Å². The molecule has 0 aromatic heterocycles. The molecule has 0 spiro atoms. The second kappa shape index (κ2) is 4.14. The summed E-state index contributed by atoms with van der Waals surface area (Å²) in [7, 11) is 0. The summed E-state index contributed by atoms with van der Waals surface area (Å²) < 4.78 is 5.68. The highest BCUT2D eigenvalue weighted by Gasteiger charge is 2.19. The number of rotatable bonds is 1. The fraction of sp³-hybridized carbons (Fsp3) is 0.538. The number of benzene rings is 1. The third-order valence-electron chi connectivity index (χ3n) is 3.05. The average molecular weight is 190 g/mol. The van der Waals surface area contributed by atoms with Crippen molar-refractivity contribution in [3.63, 3.8) is 0 Å². The molecule has 2 atom stereocenters. The van der Waals surface area contributed by atoms with Gasteiger partial charge in [-0.3, -0.25) is 0 Å². The van der Waals surface area contributed by atoms with Crippen LogP contribution in [0.1, 0.15) is 36.8 Å². The molecule has 0 bridgehead atoms. The predicted molar refractivity (Wildman–Crippen MR) is 58.6 cm³/mol. The Bertz CT molecular complexity index is 281. The molecule has 1 aliphatic rings. The van der Waals surface area contributed by atoms with Crippen LogP contribution in [0.4, 0.5) is 0 Å². The fourth-order valence-electron chi connectivity index (χ4n) is 1.98. The van der Waals surface area contributed by atoms with Crippen molar-refractivity contribution in [3.8, 4) is 0 Å². The Kier molecular flexibility index (Phi) is 2.87. The highest BCUT2D eigenvalue weighted by Crippen LogP contribution is 2.27. The minimum Gasteiger partial charge on any atom is -0.378 e. The molecule has 1 aromatic rings. The van der Waals surface area contributed by atoms with E-state index in [1.165, 1.54) is 24.0 Å². The maximum Gasteiger partial charge on any atom is 0.0547 e. The normalized spacial score (nSPS) is 27.6. The van der Waals surface area contributed by atoms with Crippen LogP contribution in [-0.4, -0.2) is 12.7 Å². The van der Waals surface area contributed by atoms with E-state index in [0.717, 1.165) is 6.61 Å². The van der Waals surface area contributed by atoms with Gasteiger partial charge in [0.15, 0.2) is 0 Å². The molecule has 76 valence electrons. The molecule has 0 unspecified atom stereocenters. The second-order valence-corrected chi connectivity index (χ2v) is 4.33. The summed E-state index contributed by atoms with van der Waals surface area (Å²) in [6.07, 6.45) is 2.92. The Balaban J connectivity index is 2.05. The van der Waals surface area contributed by atoms with Crippen LogP contribution in [0.5, 0.6) is 0 Å². The molecule has 0 aliphatic carbocycles. The van der Waals surface area contributed by atoms with Gasteiger partial charge in [-0.2, -0.15) is 0 Å². The van der Waals surface area contributed by atoms with Crippen molar-refractivity contribution in [2.45, 2.75) is 38.7 Å². The Hall–Kier alpha value is -0.820. The van der Waals surface area contributed by atoms with Gasteiger partial charge in [0.25, 0.3) is 0 Å². The lowest BCUT2D eigenvalue weighted by molar-refractivity contribution is 0.0155. The van der Waals surface area contributed by atoms with E-state index in [1.54, 1.807) is 0 Å². The Morgan fingerprint density at radius 1 is 1.14 bits per heavy atom. The third-order valence-corrected chi connectivity index (χ3v) is 3.05. The highest BCUT2D eigenvalue weighted by atomic mass is 16.5. The SMILES string of the molecule is Cc1ccc([C@@H]2CC[C@@H](C)OC2)cc1. The van der Waals surface area contributed by atoms with Crippen LogP contribution in [-0.2, 0) is 4.74 Å². The van der Waals surface area contributed by atoms with E-state index in [1.807, 2.05) is 0 Å². The Labute approximate surface area is 86.1 Å². The minimum atomic E-state index is 0.455. The minimum absolute atomic E-state index is 0.455. The number of ether oxygens (including phenoxy) is 1. The molecule has 2 rings (SSSR count). The predicted octanol–water partition coefficient (Wildman–Crippen LogP) is 3.28. The summed E-state index contributed by atoms with van der Waals surface area (Å²) in [5, 5.41) is 0. The molecule has 1 aliphatic heterocycles. The van der Waals surface area contributed by atoms with Gasteiger partial charge in [0, 0.05) is 5.92 Å². The van der Waals surface area contributed by atoms with Gasteiger partial charge in [0.2, 0.25) is 0 Å². The van der Waals surface area contributed by atoms with Gasteiger partial charge in [0.1, 0.15) is 0 Å². The van der Waals surface area contributed by atoms with E-state index < -0.39 is 0 Å². The molecule has 0 saturated carbocycles. The van der Waals surface area contributed by atoms with Crippen molar-refractivity contribution in [3.05, 3.63) is 35.4 Å². The molecular formula is C13H18O. The third kappa shape index (κ3) is 2.16. The smallest absolute Gasteiger partial charge is 0.0547 e. The summed E-state index contributed by atoms with van der Waals surface area (Å²) in [6, 6.07) is 8.85. The van der Waals surface area contributed by atoms with Crippen LogP contribution < -0.4 is 0 Å². The highest BCUT2D eigenvalue weighted by molar-refractivity contribution is 5.24. The van der Waals surface area contributed by atoms with E-state index in [-0.39, 0.29) is 0 Å². The first-order chi connectivity index (χ1) is 6.75. The van der Waals surface area contributed by atoms with Crippen LogP contribution in [0.2, 0.25) is 0 Å². The van der Waals surface area contributed by atoms with Crippen LogP contribution in [0.25, 0.3) is 0 Å². The van der Waals surface area contributed by atoms with Crippen molar-refractivity contribution in [1.29, 1.82) is 0 Å². The maximum absolute atomic E-state index is 5.68.